The van der Waals surface area contributed by atoms with Crippen LogP contribution in [-0.2, 0) is 11.4 Å². The van der Waals surface area contributed by atoms with Crippen LogP contribution in [0.25, 0.3) is 0 Å². The van der Waals surface area contributed by atoms with E-state index in [1.165, 1.54) is 0 Å². The van der Waals surface area contributed by atoms with Crippen molar-refractivity contribution in [2.45, 2.75) is 6.61 Å². The summed E-state index contributed by atoms with van der Waals surface area (Å²) in [7, 11) is 0. The van der Waals surface area contributed by atoms with Gasteiger partial charge in [0.15, 0.2) is 0 Å². The molecule has 2 heterocycles. The zero-order valence-corrected chi connectivity index (χ0v) is 15.8. The van der Waals surface area contributed by atoms with Crippen LogP contribution < -0.4 is 10.1 Å². The number of carbonyl (C=O) groups excluding carboxylic acids is 2. The molecule has 4 rings (SSSR count). The number of carbonyl (C=O) groups is 2. The third kappa shape index (κ3) is 4.17. The summed E-state index contributed by atoms with van der Waals surface area (Å²) in [4.78, 5) is 28.7. The van der Waals surface area contributed by atoms with Crippen molar-refractivity contribution < 1.29 is 14.3 Å². The van der Waals surface area contributed by atoms with E-state index in [9.17, 15) is 9.59 Å². The van der Waals surface area contributed by atoms with Crippen LogP contribution in [0.2, 0.25) is 0 Å². The molecule has 2 aliphatic rings. The number of ether oxygens (including phenoxy) is 1. The lowest BCUT2D eigenvalue weighted by Crippen LogP contribution is -2.57. The maximum atomic E-state index is 12.7. The predicted octanol–water partition coefficient (Wildman–Crippen LogP) is 1.77. The number of rotatable bonds is 5. The molecule has 0 bridgehead atoms. The first kappa shape index (κ1) is 18.5. The first-order chi connectivity index (χ1) is 13.7. The quantitative estimate of drug-likeness (QED) is 0.860. The zero-order chi connectivity index (χ0) is 19.3. The Morgan fingerprint density at radius 3 is 2.14 bits per heavy atom. The number of nitrogens with one attached hydrogen (secondary N) is 1. The molecule has 6 heteroatoms. The monoisotopic (exact) mass is 379 g/mol. The van der Waals surface area contributed by atoms with Crippen molar-refractivity contribution in [1.82, 2.24) is 15.1 Å². The van der Waals surface area contributed by atoms with Crippen molar-refractivity contribution in [3.8, 4) is 5.75 Å². The highest BCUT2D eigenvalue weighted by Gasteiger charge is 2.32. The molecule has 0 aliphatic carbocycles. The van der Waals surface area contributed by atoms with Crippen LogP contribution >= 0.6 is 0 Å². The van der Waals surface area contributed by atoms with Crippen LogP contribution in [-0.4, -0.2) is 60.9 Å². The lowest BCUT2D eigenvalue weighted by molar-refractivity contribution is -0.138. The summed E-state index contributed by atoms with van der Waals surface area (Å²) < 4.78 is 5.78. The van der Waals surface area contributed by atoms with Gasteiger partial charge in [-0.1, -0.05) is 30.3 Å². The van der Waals surface area contributed by atoms with E-state index < -0.39 is 0 Å². The predicted molar refractivity (Wildman–Crippen MR) is 106 cm³/mol. The largest absolute Gasteiger partial charge is 0.489 e. The standard InChI is InChI=1S/C22H25N3O3/c26-21(24-10-12-25(13-11-24)22(27)19-14-23-15-19)18-6-8-20(9-7-18)28-16-17-4-2-1-3-5-17/h1-9,19,23H,10-16H2. The maximum absolute atomic E-state index is 12.7. The Bertz CT molecular complexity index is 811. The molecule has 28 heavy (non-hydrogen) atoms. The third-order valence-electron chi connectivity index (χ3n) is 5.36. The zero-order valence-electron chi connectivity index (χ0n) is 15.8. The molecular weight excluding hydrogens is 354 g/mol. The fourth-order valence-corrected chi connectivity index (χ4v) is 3.47. The maximum Gasteiger partial charge on any atom is 0.253 e. The van der Waals surface area contributed by atoms with Crippen LogP contribution in [0.3, 0.4) is 0 Å². The second kappa shape index (κ2) is 8.44. The molecule has 2 aromatic rings. The van der Waals surface area contributed by atoms with Crippen molar-refractivity contribution in [1.29, 1.82) is 0 Å². The molecule has 1 N–H and O–H groups in total. The van der Waals surface area contributed by atoms with Crippen molar-refractivity contribution in [3.05, 3.63) is 65.7 Å². The van der Waals surface area contributed by atoms with Gasteiger partial charge in [0.05, 0.1) is 5.92 Å². The van der Waals surface area contributed by atoms with Crippen molar-refractivity contribution in [2.24, 2.45) is 5.92 Å². The van der Waals surface area contributed by atoms with E-state index in [0.29, 0.717) is 38.3 Å². The molecule has 2 aliphatic heterocycles. The topological polar surface area (TPSA) is 61.9 Å². The summed E-state index contributed by atoms with van der Waals surface area (Å²) in [6, 6.07) is 17.3. The van der Waals surface area contributed by atoms with Gasteiger partial charge >= 0.3 is 0 Å². The van der Waals surface area contributed by atoms with Gasteiger partial charge in [0, 0.05) is 44.8 Å². The Morgan fingerprint density at radius 2 is 1.54 bits per heavy atom. The summed E-state index contributed by atoms with van der Waals surface area (Å²) in [5.41, 5.74) is 1.75. The molecule has 0 unspecified atom stereocenters. The summed E-state index contributed by atoms with van der Waals surface area (Å²) >= 11 is 0. The summed E-state index contributed by atoms with van der Waals surface area (Å²) in [6.07, 6.45) is 0. The second-order valence-electron chi connectivity index (χ2n) is 7.27. The Kier molecular flexibility index (Phi) is 5.58. The average molecular weight is 379 g/mol. The molecule has 0 aromatic heterocycles. The van der Waals surface area contributed by atoms with E-state index in [2.05, 4.69) is 5.32 Å². The van der Waals surface area contributed by atoms with Gasteiger partial charge in [0.2, 0.25) is 5.91 Å². The number of hydrogen-bond donors (Lipinski definition) is 1. The fraction of sp³-hybridized carbons (Fsp3) is 0.364. The molecule has 0 radical (unpaired) electrons. The molecule has 2 amide bonds. The number of benzene rings is 2. The van der Waals surface area contributed by atoms with Gasteiger partial charge < -0.3 is 19.9 Å². The summed E-state index contributed by atoms with van der Waals surface area (Å²) in [6.45, 7) is 4.43. The van der Waals surface area contributed by atoms with E-state index in [1.54, 1.807) is 12.1 Å². The highest BCUT2D eigenvalue weighted by Crippen LogP contribution is 2.17. The highest BCUT2D eigenvalue weighted by atomic mass is 16.5. The van der Waals surface area contributed by atoms with Gasteiger partial charge in [-0.3, -0.25) is 9.59 Å². The fourth-order valence-electron chi connectivity index (χ4n) is 3.47. The normalized spacial score (nSPS) is 17.1. The van der Waals surface area contributed by atoms with E-state index in [0.717, 1.165) is 24.4 Å². The van der Waals surface area contributed by atoms with E-state index in [1.807, 2.05) is 52.3 Å². The minimum Gasteiger partial charge on any atom is -0.489 e. The van der Waals surface area contributed by atoms with Crippen molar-refractivity contribution in [3.63, 3.8) is 0 Å². The van der Waals surface area contributed by atoms with Gasteiger partial charge in [-0.2, -0.15) is 0 Å². The van der Waals surface area contributed by atoms with Gasteiger partial charge in [-0.15, -0.1) is 0 Å². The van der Waals surface area contributed by atoms with Gasteiger partial charge in [-0.25, -0.2) is 0 Å². The highest BCUT2D eigenvalue weighted by molar-refractivity contribution is 5.94. The molecule has 0 atom stereocenters. The molecule has 0 saturated carbocycles. The first-order valence-corrected chi connectivity index (χ1v) is 9.76. The van der Waals surface area contributed by atoms with E-state index in [4.69, 9.17) is 4.74 Å². The number of hydrogen-bond acceptors (Lipinski definition) is 4. The minimum absolute atomic E-state index is 0.00650. The van der Waals surface area contributed by atoms with E-state index in [-0.39, 0.29) is 17.7 Å². The lowest BCUT2D eigenvalue weighted by Gasteiger charge is -2.38. The van der Waals surface area contributed by atoms with Gasteiger partial charge in [-0.05, 0) is 29.8 Å². The molecule has 2 fully saturated rings. The Hall–Kier alpha value is -2.86. The van der Waals surface area contributed by atoms with Gasteiger partial charge in [0.1, 0.15) is 12.4 Å². The number of amides is 2. The Morgan fingerprint density at radius 1 is 0.893 bits per heavy atom. The summed E-state index contributed by atoms with van der Waals surface area (Å²) in [5.74, 6) is 1.08. The molecule has 2 aromatic carbocycles. The molecule has 2 saturated heterocycles. The Labute approximate surface area is 165 Å². The summed E-state index contributed by atoms with van der Waals surface area (Å²) in [5, 5.41) is 3.13. The van der Waals surface area contributed by atoms with Crippen molar-refractivity contribution >= 4 is 11.8 Å². The van der Waals surface area contributed by atoms with Crippen LogP contribution in [0.1, 0.15) is 15.9 Å². The average Bonchev–Trinajstić information content (AvgIpc) is 2.72. The molecule has 146 valence electrons. The third-order valence-corrected chi connectivity index (χ3v) is 5.36. The molecule has 6 nitrogen and oxygen atoms in total. The van der Waals surface area contributed by atoms with Crippen LogP contribution in [0.5, 0.6) is 5.75 Å². The number of piperazine rings is 1. The van der Waals surface area contributed by atoms with Crippen molar-refractivity contribution in [2.75, 3.05) is 39.3 Å². The SMILES string of the molecule is O=C(c1ccc(OCc2ccccc2)cc1)N1CCN(C(=O)C2CNC2)CC1. The lowest BCUT2D eigenvalue weighted by atomic mass is 10.0. The van der Waals surface area contributed by atoms with Crippen LogP contribution in [0, 0.1) is 5.92 Å². The Balaban J connectivity index is 1.28. The van der Waals surface area contributed by atoms with Crippen LogP contribution in [0.15, 0.2) is 54.6 Å². The molecular formula is C22H25N3O3. The van der Waals surface area contributed by atoms with E-state index >= 15 is 0 Å². The number of nitrogens with zero attached hydrogens (tertiary/aromatic N) is 2. The smallest absolute Gasteiger partial charge is 0.253 e. The molecule has 0 spiro atoms. The second-order valence-corrected chi connectivity index (χ2v) is 7.27. The van der Waals surface area contributed by atoms with Crippen LogP contribution in [0.4, 0.5) is 0 Å². The first-order valence-electron chi connectivity index (χ1n) is 9.76. The minimum atomic E-state index is 0.00650. The van der Waals surface area contributed by atoms with Gasteiger partial charge in [0.25, 0.3) is 5.91 Å².